The van der Waals surface area contributed by atoms with Crippen LogP contribution in [0.4, 0.5) is 0 Å². The molecule has 0 unspecified atom stereocenters. The maximum absolute atomic E-state index is 12.6. The van der Waals surface area contributed by atoms with Gasteiger partial charge in [0.25, 0.3) is 5.56 Å². The van der Waals surface area contributed by atoms with Gasteiger partial charge in [0.2, 0.25) is 0 Å². The van der Waals surface area contributed by atoms with Crippen molar-refractivity contribution in [2.45, 2.75) is 45.7 Å². The molecule has 0 amide bonds. The van der Waals surface area contributed by atoms with Gasteiger partial charge < -0.3 is 9.97 Å². The highest BCUT2D eigenvalue weighted by Crippen LogP contribution is 2.26. The molecular weight excluding hydrogens is 392 g/mol. The van der Waals surface area contributed by atoms with Gasteiger partial charge in [0.05, 0.1) is 11.3 Å². The van der Waals surface area contributed by atoms with E-state index in [4.69, 9.17) is 4.98 Å². The molecule has 0 bridgehead atoms. The van der Waals surface area contributed by atoms with Crippen LogP contribution in [0.5, 0.6) is 0 Å². The Bertz CT molecular complexity index is 1030. The zero-order valence-electron chi connectivity index (χ0n) is 15.3. The number of fused-ring (bicyclic) bond motifs is 2. The number of hydrogen-bond acceptors (Lipinski definition) is 3. The van der Waals surface area contributed by atoms with Crippen LogP contribution >= 0.6 is 15.9 Å². The van der Waals surface area contributed by atoms with E-state index in [1.807, 2.05) is 6.07 Å². The average molecular weight is 415 g/mol. The van der Waals surface area contributed by atoms with E-state index in [-0.39, 0.29) is 11.0 Å². The number of nitrogens with zero attached hydrogens (tertiary/aromatic N) is 2. The molecular formula is C20H23BrN4O. The Balaban J connectivity index is 1.61. The van der Waals surface area contributed by atoms with Gasteiger partial charge in [-0.05, 0) is 23.8 Å². The van der Waals surface area contributed by atoms with Gasteiger partial charge in [-0.25, -0.2) is 4.98 Å². The minimum Gasteiger partial charge on any atom is -0.361 e. The fourth-order valence-corrected chi connectivity index (χ4v) is 3.85. The quantitative estimate of drug-likeness (QED) is 0.668. The van der Waals surface area contributed by atoms with E-state index < -0.39 is 0 Å². The monoisotopic (exact) mass is 414 g/mol. The molecule has 3 aromatic rings. The molecule has 3 heterocycles. The summed E-state index contributed by atoms with van der Waals surface area (Å²) in [5.74, 6) is 0.774. The van der Waals surface area contributed by atoms with E-state index in [1.54, 1.807) is 0 Å². The summed E-state index contributed by atoms with van der Waals surface area (Å²) >= 11 is 3.55. The summed E-state index contributed by atoms with van der Waals surface area (Å²) in [6.07, 6.45) is 2.88. The number of H-pyrrole nitrogens is 2. The molecule has 1 aliphatic heterocycles. The lowest BCUT2D eigenvalue weighted by Crippen LogP contribution is -2.37. The van der Waals surface area contributed by atoms with Crippen LogP contribution in [-0.2, 0) is 24.9 Å². The molecule has 0 spiro atoms. The third-order valence-electron chi connectivity index (χ3n) is 4.98. The van der Waals surface area contributed by atoms with Gasteiger partial charge in [-0.15, -0.1) is 0 Å². The van der Waals surface area contributed by atoms with Crippen LogP contribution in [0, 0.1) is 0 Å². The third kappa shape index (κ3) is 3.23. The van der Waals surface area contributed by atoms with Crippen molar-refractivity contribution in [3.8, 4) is 0 Å². The Labute approximate surface area is 161 Å². The number of halogens is 1. The van der Waals surface area contributed by atoms with Crippen molar-refractivity contribution in [3.63, 3.8) is 0 Å². The largest absolute Gasteiger partial charge is 0.361 e. The van der Waals surface area contributed by atoms with Crippen LogP contribution in [0.15, 0.2) is 33.7 Å². The summed E-state index contributed by atoms with van der Waals surface area (Å²) in [6, 6.07) is 6.26. The molecule has 0 fully saturated rings. The van der Waals surface area contributed by atoms with E-state index in [1.165, 1.54) is 10.9 Å². The first-order chi connectivity index (χ1) is 12.3. The number of benzene rings is 1. The molecule has 4 rings (SSSR count). The first-order valence-electron chi connectivity index (χ1n) is 8.92. The highest BCUT2D eigenvalue weighted by molar-refractivity contribution is 9.10. The second-order valence-corrected chi connectivity index (χ2v) is 8.97. The minimum atomic E-state index is -0.150. The third-order valence-corrected chi connectivity index (χ3v) is 5.47. The fourth-order valence-electron chi connectivity index (χ4n) is 3.49. The molecule has 0 saturated heterocycles. The fraction of sp³-hybridized carbons (Fsp3) is 0.400. The van der Waals surface area contributed by atoms with Gasteiger partial charge in [-0.3, -0.25) is 9.69 Å². The molecule has 2 N–H and O–H groups in total. The highest BCUT2D eigenvalue weighted by atomic mass is 79.9. The van der Waals surface area contributed by atoms with Gasteiger partial charge in [-0.2, -0.15) is 0 Å². The Hall–Kier alpha value is -1.92. The first-order valence-corrected chi connectivity index (χ1v) is 9.71. The normalized spacial score (nSPS) is 15.4. The Morgan fingerprint density at radius 1 is 1.31 bits per heavy atom. The second-order valence-electron chi connectivity index (χ2n) is 8.05. The van der Waals surface area contributed by atoms with Crippen molar-refractivity contribution in [2.75, 3.05) is 6.54 Å². The standard InChI is InChI=1S/C20H23BrN4O/c1-20(2,3)19-23-17-6-7-25(11-15(17)18(26)24-19)10-12-9-22-16-5-4-13(21)8-14(12)16/h4-5,8-9,22H,6-7,10-11H2,1-3H3,(H,23,24,26). The van der Waals surface area contributed by atoms with Crippen LogP contribution in [0.1, 0.15) is 43.4 Å². The molecule has 1 aliphatic rings. The molecule has 1 aromatic carbocycles. The second kappa shape index (κ2) is 6.35. The molecule has 26 heavy (non-hydrogen) atoms. The van der Waals surface area contributed by atoms with Gasteiger partial charge in [0.1, 0.15) is 5.82 Å². The summed E-state index contributed by atoms with van der Waals surface area (Å²) in [7, 11) is 0. The van der Waals surface area contributed by atoms with Crippen LogP contribution < -0.4 is 5.56 Å². The smallest absolute Gasteiger partial charge is 0.255 e. The van der Waals surface area contributed by atoms with Crippen LogP contribution in [0.3, 0.4) is 0 Å². The van der Waals surface area contributed by atoms with Gasteiger partial charge in [-0.1, -0.05) is 36.7 Å². The van der Waals surface area contributed by atoms with Gasteiger partial charge in [0, 0.05) is 53.0 Å². The molecule has 0 aliphatic carbocycles. The SMILES string of the molecule is CC(C)(C)c1nc2c(c(=O)[nH]1)CN(Cc1c[nH]c3ccc(Br)cc13)CC2. The summed E-state index contributed by atoms with van der Waals surface area (Å²) in [5, 5.41) is 1.22. The summed E-state index contributed by atoms with van der Waals surface area (Å²) < 4.78 is 1.07. The topological polar surface area (TPSA) is 64.8 Å². The lowest BCUT2D eigenvalue weighted by molar-refractivity contribution is 0.242. The van der Waals surface area contributed by atoms with Crippen molar-refractivity contribution >= 4 is 26.8 Å². The van der Waals surface area contributed by atoms with Crippen molar-refractivity contribution < 1.29 is 0 Å². The molecule has 0 radical (unpaired) electrons. The maximum Gasteiger partial charge on any atom is 0.255 e. The van der Waals surface area contributed by atoms with Crippen LogP contribution in [0.2, 0.25) is 0 Å². The Morgan fingerprint density at radius 2 is 2.12 bits per heavy atom. The minimum absolute atomic E-state index is 0.00583. The zero-order valence-corrected chi connectivity index (χ0v) is 16.9. The van der Waals surface area contributed by atoms with E-state index in [0.29, 0.717) is 6.54 Å². The number of hydrogen-bond donors (Lipinski definition) is 2. The molecule has 6 heteroatoms. The van der Waals surface area contributed by atoms with Gasteiger partial charge >= 0.3 is 0 Å². The lowest BCUT2D eigenvalue weighted by atomic mass is 9.95. The van der Waals surface area contributed by atoms with E-state index in [2.05, 4.69) is 69.9 Å². The van der Waals surface area contributed by atoms with Crippen molar-refractivity contribution in [2.24, 2.45) is 0 Å². The van der Waals surface area contributed by atoms with Crippen LogP contribution in [0.25, 0.3) is 10.9 Å². The predicted molar refractivity (Wildman–Crippen MR) is 107 cm³/mol. The van der Waals surface area contributed by atoms with Gasteiger partial charge in [0.15, 0.2) is 0 Å². The number of nitrogens with one attached hydrogen (secondary N) is 2. The van der Waals surface area contributed by atoms with E-state index in [0.717, 1.165) is 46.6 Å². The zero-order chi connectivity index (χ0) is 18.5. The summed E-state index contributed by atoms with van der Waals surface area (Å²) in [5.41, 5.74) is 4.01. The van der Waals surface area contributed by atoms with Crippen molar-refractivity contribution in [3.05, 3.63) is 61.9 Å². The molecule has 0 atom stereocenters. The molecule has 0 saturated carbocycles. The molecule has 2 aromatic heterocycles. The Morgan fingerprint density at radius 3 is 2.88 bits per heavy atom. The molecule has 136 valence electrons. The predicted octanol–water partition coefficient (Wildman–Crippen LogP) is 3.87. The first kappa shape index (κ1) is 17.5. The summed E-state index contributed by atoms with van der Waals surface area (Å²) in [6.45, 7) is 8.58. The van der Waals surface area contributed by atoms with Crippen molar-refractivity contribution in [1.82, 2.24) is 19.9 Å². The highest BCUT2D eigenvalue weighted by Gasteiger charge is 2.25. The Kier molecular flexibility index (Phi) is 4.28. The average Bonchev–Trinajstić information content (AvgIpc) is 2.96. The van der Waals surface area contributed by atoms with E-state index in [9.17, 15) is 4.79 Å². The lowest BCUT2D eigenvalue weighted by Gasteiger charge is -2.28. The number of aromatic amines is 2. The molecule has 5 nitrogen and oxygen atoms in total. The van der Waals surface area contributed by atoms with Crippen molar-refractivity contribution in [1.29, 1.82) is 0 Å². The number of rotatable bonds is 2. The number of aromatic nitrogens is 3. The maximum atomic E-state index is 12.6. The van der Waals surface area contributed by atoms with E-state index >= 15 is 0 Å². The van der Waals surface area contributed by atoms with Crippen LogP contribution in [-0.4, -0.2) is 26.4 Å². The summed E-state index contributed by atoms with van der Waals surface area (Å²) in [4.78, 5) is 26.0.